The highest BCUT2D eigenvalue weighted by atomic mass is 16.6. The predicted octanol–water partition coefficient (Wildman–Crippen LogP) is 1.45. The van der Waals surface area contributed by atoms with Gasteiger partial charge in [-0.05, 0) is 17.7 Å². The third-order valence-electron chi connectivity index (χ3n) is 4.04. The van der Waals surface area contributed by atoms with Crippen LogP contribution in [-0.2, 0) is 14.9 Å². The van der Waals surface area contributed by atoms with E-state index in [0.29, 0.717) is 37.9 Å². The number of benzene rings is 1. The van der Waals surface area contributed by atoms with Crippen LogP contribution in [0.1, 0.15) is 12.5 Å². The van der Waals surface area contributed by atoms with Gasteiger partial charge in [-0.15, -0.1) is 0 Å². The van der Waals surface area contributed by atoms with Crippen LogP contribution in [0.15, 0.2) is 18.2 Å². The SMILES string of the molecule is CC(C(=O)O)C1(c2ccc3c(c2)OCCO3)COC1. The van der Waals surface area contributed by atoms with Gasteiger partial charge in [0.2, 0.25) is 0 Å². The van der Waals surface area contributed by atoms with Crippen molar-refractivity contribution >= 4 is 5.97 Å². The molecule has 1 saturated heterocycles. The molecule has 5 heteroatoms. The van der Waals surface area contributed by atoms with Crippen molar-refractivity contribution in [2.24, 2.45) is 5.92 Å². The Bertz CT molecular complexity index is 507. The van der Waals surface area contributed by atoms with Crippen LogP contribution in [0, 0.1) is 5.92 Å². The normalized spacial score (nSPS) is 21.3. The number of rotatable bonds is 3. The Labute approximate surface area is 111 Å². The highest BCUT2D eigenvalue weighted by Gasteiger charge is 2.48. The first-order valence-corrected chi connectivity index (χ1v) is 6.34. The molecular weight excluding hydrogens is 248 g/mol. The lowest BCUT2D eigenvalue weighted by Gasteiger charge is -2.45. The van der Waals surface area contributed by atoms with Gasteiger partial charge >= 0.3 is 5.97 Å². The molecule has 3 rings (SSSR count). The van der Waals surface area contributed by atoms with E-state index in [4.69, 9.17) is 14.2 Å². The second-order valence-corrected chi connectivity index (χ2v) is 5.07. The Hall–Kier alpha value is -1.75. The van der Waals surface area contributed by atoms with Crippen molar-refractivity contribution in [3.8, 4) is 11.5 Å². The van der Waals surface area contributed by atoms with Gasteiger partial charge in [0.1, 0.15) is 13.2 Å². The molecule has 1 aromatic carbocycles. The smallest absolute Gasteiger partial charge is 0.307 e. The lowest BCUT2D eigenvalue weighted by Crippen LogP contribution is -2.53. The van der Waals surface area contributed by atoms with Gasteiger partial charge in [0.05, 0.1) is 24.5 Å². The summed E-state index contributed by atoms with van der Waals surface area (Å²) in [5.41, 5.74) is 0.486. The Morgan fingerprint density at radius 2 is 1.95 bits per heavy atom. The van der Waals surface area contributed by atoms with Gasteiger partial charge in [0, 0.05) is 0 Å². The van der Waals surface area contributed by atoms with Gasteiger partial charge in [0.15, 0.2) is 11.5 Å². The van der Waals surface area contributed by atoms with Crippen molar-refractivity contribution in [2.45, 2.75) is 12.3 Å². The highest BCUT2D eigenvalue weighted by molar-refractivity contribution is 5.72. The van der Waals surface area contributed by atoms with Crippen LogP contribution in [0.3, 0.4) is 0 Å². The topological polar surface area (TPSA) is 65.0 Å². The van der Waals surface area contributed by atoms with Gasteiger partial charge in [-0.25, -0.2) is 0 Å². The minimum absolute atomic E-state index is 0.431. The fourth-order valence-electron chi connectivity index (χ4n) is 2.58. The van der Waals surface area contributed by atoms with E-state index in [9.17, 15) is 9.90 Å². The van der Waals surface area contributed by atoms with Gasteiger partial charge in [-0.1, -0.05) is 13.0 Å². The number of aliphatic carboxylic acids is 1. The van der Waals surface area contributed by atoms with E-state index in [0.717, 1.165) is 5.56 Å². The summed E-state index contributed by atoms with van der Waals surface area (Å²) in [7, 11) is 0. The first-order valence-electron chi connectivity index (χ1n) is 6.34. The summed E-state index contributed by atoms with van der Waals surface area (Å²) >= 11 is 0. The molecular formula is C14H16O5. The van der Waals surface area contributed by atoms with Crippen molar-refractivity contribution in [1.82, 2.24) is 0 Å². The molecule has 0 radical (unpaired) electrons. The molecule has 1 aromatic rings. The zero-order chi connectivity index (χ0) is 13.5. The fourth-order valence-corrected chi connectivity index (χ4v) is 2.58. The molecule has 1 atom stereocenters. The molecule has 1 unspecified atom stereocenters. The number of carbonyl (C=O) groups is 1. The maximum atomic E-state index is 11.3. The van der Waals surface area contributed by atoms with Crippen LogP contribution in [-0.4, -0.2) is 37.5 Å². The zero-order valence-electron chi connectivity index (χ0n) is 10.7. The Morgan fingerprint density at radius 1 is 1.26 bits per heavy atom. The van der Waals surface area contributed by atoms with E-state index in [2.05, 4.69) is 0 Å². The minimum atomic E-state index is -0.807. The van der Waals surface area contributed by atoms with Gasteiger partial charge < -0.3 is 19.3 Å². The summed E-state index contributed by atoms with van der Waals surface area (Å²) < 4.78 is 16.3. The molecule has 5 nitrogen and oxygen atoms in total. The summed E-state index contributed by atoms with van der Waals surface area (Å²) in [6.07, 6.45) is 0. The molecule has 0 bridgehead atoms. The number of hydrogen-bond acceptors (Lipinski definition) is 4. The number of carboxylic acids is 1. The van der Waals surface area contributed by atoms with Gasteiger partial charge in [0.25, 0.3) is 0 Å². The maximum Gasteiger partial charge on any atom is 0.307 e. The molecule has 0 aliphatic carbocycles. The molecule has 2 heterocycles. The Balaban J connectivity index is 1.98. The molecule has 19 heavy (non-hydrogen) atoms. The molecule has 0 saturated carbocycles. The lowest BCUT2D eigenvalue weighted by atomic mass is 9.69. The second kappa shape index (κ2) is 4.42. The summed E-state index contributed by atoms with van der Waals surface area (Å²) in [6.45, 7) is 3.66. The molecule has 102 valence electrons. The summed E-state index contributed by atoms with van der Waals surface area (Å²) in [4.78, 5) is 11.3. The first kappa shape index (κ1) is 12.3. The largest absolute Gasteiger partial charge is 0.486 e. The van der Waals surface area contributed by atoms with Gasteiger partial charge in [-0.3, -0.25) is 4.79 Å². The summed E-state index contributed by atoms with van der Waals surface area (Å²) in [6, 6.07) is 5.64. The van der Waals surface area contributed by atoms with Gasteiger partial charge in [-0.2, -0.15) is 0 Å². The van der Waals surface area contributed by atoms with Crippen molar-refractivity contribution in [3.63, 3.8) is 0 Å². The summed E-state index contributed by atoms with van der Waals surface area (Å²) in [5.74, 6) is 0.1000. The van der Waals surface area contributed by atoms with Crippen LogP contribution < -0.4 is 9.47 Å². The van der Waals surface area contributed by atoms with Crippen molar-refractivity contribution < 1.29 is 24.1 Å². The second-order valence-electron chi connectivity index (χ2n) is 5.07. The molecule has 2 aliphatic heterocycles. The third-order valence-corrected chi connectivity index (χ3v) is 4.04. The number of ether oxygens (including phenoxy) is 3. The van der Waals surface area contributed by atoms with Crippen LogP contribution in [0.25, 0.3) is 0 Å². The molecule has 1 fully saturated rings. The molecule has 2 aliphatic rings. The van der Waals surface area contributed by atoms with E-state index in [-0.39, 0.29) is 0 Å². The maximum absolute atomic E-state index is 11.3. The standard InChI is InChI=1S/C14H16O5/c1-9(13(15)16)14(7-17-8-14)10-2-3-11-12(6-10)19-5-4-18-11/h2-3,6,9H,4-5,7-8H2,1H3,(H,15,16). The third kappa shape index (κ3) is 1.85. The van der Waals surface area contributed by atoms with E-state index in [1.165, 1.54) is 0 Å². The molecule has 1 N–H and O–H groups in total. The minimum Gasteiger partial charge on any atom is -0.486 e. The monoisotopic (exact) mass is 264 g/mol. The average molecular weight is 264 g/mol. The van der Waals surface area contributed by atoms with Crippen molar-refractivity contribution in [2.75, 3.05) is 26.4 Å². The summed E-state index contributed by atoms with van der Waals surface area (Å²) in [5, 5.41) is 9.27. The van der Waals surface area contributed by atoms with E-state index >= 15 is 0 Å². The first-order chi connectivity index (χ1) is 9.13. The van der Waals surface area contributed by atoms with E-state index in [1.54, 1.807) is 6.92 Å². The van der Waals surface area contributed by atoms with E-state index < -0.39 is 17.3 Å². The van der Waals surface area contributed by atoms with E-state index in [1.807, 2.05) is 18.2 Å². The van der Waals surface area contributed by atoms with Crippen molar-refractivity contribution in [3.05, 3.63) is 23.8 Å². The van der Waals surface area contributed by atoms with Crippen molar-refractivity contribution in [1.29, 1.82) is 0 Å². The van der Waals surface area contributed by atoms with Crippen LogP contribution >= 0.6 is 0 Å². The Morgan fingerprint density at radius 3 is 2.53 bits per heavy atom. The van der Waals surface area contributed by atoms with Crippen LogP contribution in [0.4, 0.5) is 0 Å². The number of hydrogen-bond donors (Lipinski definition) is 1. The molecule has 0 aromatic heterocycles. The fraction of sp³-hybridized carbons (Fsp3) is 0.500. The average Bonchev–Trinajstić information content (AvgIpc) is 2.37. The predicted molar refractivity (Wildman–Crippen MR) is 66.7 cm³/mol. The number of carboxylic acid groups (broad SMARTS) is 1. The zero-order valence-corrected chi connectivity index (χ0v) is 10.7. The Kier molecular flexibility index (Phi) is 2.86. The molecule has 0 amide bonds. The highest BCUT2D eigenvalue weighted by Crippen LogP contribution is 2.43. The van der Waals surface area contributed by atoms with Crippen LogP contribution in [0.2, 0.25) is 0 Å². The number of fused-ring (bicyclic) bond motifs is 1. The lowest BCUT2D eigenvalue weighted by molar-refractivity contribution is -0.155. The van der Waals surface area contributed by atoms with Crippen LogP contribution in [0.5, 0.6) is 11.5 Å². The molecule has 0 spiro atoms. The quantitative estimate of drug-likeness (QED) is 0.895.